The summed E-state index contributed by atoms with van der Waals surface area (Å²) >= 11 is 11.8. The van der Waals surface area contributed by atoms with Gasteiger partial charge in [0.15, 0.2) is 0 Å². The summed E-state index contributed by atoms with van der Waals surface area (Å²) in [7, 11) is 0. The zero-order valence-electron chi connectivity index (χ0n) is 7.85. The molecule has 1 atom stereocenters. The van der Waals surface area contributed by atoms with E-state index in [0.717, 1.165) is 12.1 Å². The Morgan fingerprint density at radius 1 is 1.69 bits per heavy atom. The van der Waals surface area contributed by atoms with Gasteiger partial charge in [0.2, 0.25) is 6.69 Å². The lowest BCUT2D eigenvalue weighted by atomic mass is 10.3. The van der Waals surface area contributed by atoms with Crippen molar-refractivity contribution in [3.63, 3.8) is 0 Å². The Kier molecular flexibility index (Phi) is 5.68. The maximum atomic E-state index is 10.8. The van der Waals surface area contributed by atoms with Crippen molar-refractivity contribution in [2.75, 3.05) is 0 Å². The molecule has 0 amide bonds. The fraction of sp³-hybridized carbons (Fsp3) is 0.625. The van der Waals surface area contributed by atoms with Crippen LogP contribution in [0.3, 0.4) is 0 Å². The van der Waals surface area contributed by atoms with Crippen molar-refractivity contribution in [1.29, 1.82) is 0 Å². The van der Waals surface area contributed by atoms with Crippen molar-refractivity contribution >= 4 is 34.8 Å². The topological polar surface area (TPSA) is 26.3 Å². The van der Waals surface area contributed by atoms with Gasteiger partial charge in [0.05, 0.1) is 6.10 Å². The fourth-order valence-electron chi connectivity index (χ4n) is 0.762. The van der Waals surface area contributed by atoms with Crippen LogP contribution in [0.25, 0.3) is 0 Å². The molecule has 0 aromatic carbocycles. The van der Waals surface area contributed by atoms with Crippen LogP contribution in [0.1, 0.15) is 13.3 Å². The summed E-state index contributed by atoms with van der Waals surface area (Å²) in [6.45, 7) is 4.91. The van der Waals surface area contributed by atoms with E-state index in [4.69, 9.17) is 26.9 Å². The summed E-state index contributed by atoms with van der Waals surface area (Å²) in [5.74, 6) is -0.403. The molecular weight excluding hydrogens is 227 g/mol. The Balaban J connectivity index is 3.69. The Morgan fingerprint density at radius 2 is 2.23 bits per heavy atom. The van der Waals surface area contributed by atoms with Gasteiger partial charge in [-0.05, 0) is 25.9 Å². The van der Waals surface area contributed by atoms with Crippen LogP contribution in [0.2, 0.25) is 12.6 Å². The lowest BCUT2D eigenvalue weighted by Crippen LogP contribution is -2.19. The van der Waals surface area contributed by atoms with Gasteiger partial charge in [-0.1, -0.05) is 6.58 Å². The second-order valence-corrected chi connectivity index (χ2v) is 11.3. The highest BCUT2D eigenvalue weighted by Gasteiger charge is 2.22. The molecule has 5 heteroatoms. The van der Waals surface area contributed by atoms with E-state index in [2.05, 4.69) is 6.58 Å². The molecule has 0 aliphatic rings. The Bertz CT molecular complexity index is 189. The number of carbonyl (C=O) groups excluding carboxylic acids is 1. The van der Waals surface area contributed by atoms with Crippen LogP contribution in [0, 0.1) is 0 Å². The number of esters is 1. The maximum absolute atomic E-state index is 10.8. The molecular formula is C8H14Cl2O2Si. The number of rotatable bonds is 5. The molecule has 76 valence electrons. The molecule has 1 unspecified atom stereocenters. The van der Waals surface area contributed by atoms with Crippen molar-refractivity contribution in [3.05, 3.63) is 12.7 Å². The quantitative estimate of drug-likeness (QED) is 0.320. The van der Waals surface area contributed by atoms with Gasteiger partial charge >= 0.3 is 5.97 Å². The molecule has 2 nitrogen and oxygen atoms in total. The average Bonchev–Trinajstić information content (AvgIpc) is 1.99. The number of hydrogen-bond acceptors (Lipinski definition) is 2. The van der Waals surface area contributed by atoms with Crippen LogP contribution < -0.4 is 0 Å². The molecule has 0 saturated carbocycles. The minimum Gasteiger partial charge on any atom is -0.460 e. The smallest absolute Gasteiger partial charge is 0.330 e. The van der Waals surface area contributed by atoms with Crippen molar-refractivity contribution in [1.82, 2.24) is 0 Å². The number of halogens is 2. The van der Waals surface area contributed by atoms with E-state index in [0.29, 0.717) is 6.42 Å². The zero-order valence-corrected chi connectivity index (χ0v) is 10.4. The first-order chi connectivity index (χ1) is 5.85. The predicted octanol–water partition coefficient (Wildman–Crippen LogP) is 3.04. The van der Waals surface area contributed by atoms with Crippen LogP contribution in [-0.4, -0.2) is 18.8 Å². The second-order valence-electron chi connectivity index (χ2n) is 3.06. The van der Waals surface area contributed by atoms with Crippen molar-refractivity contribution in [3.8, 4) is 0 Å². The largest absolute Gasteiger partial charge is 0.460 e. The lowest BCUT2D eigenvalue weighted by molar-refractivity contribution is -0.142. The first-order valence-electron chi connectivity index (χ1n) is 4.06. The van der Waals surface area contributed by atoms with E-state index in [1.54, 1.807) is 0 Å². The zero-order chi connectivity index (χ0) is 10.5. The normalized spacial score (nSPS) is 13.5. The van der Waals surface area contributed by atoms with Crippen LogP contribution >= 0.6 is 22.2 Å². The van der Waals surface area contributed by atoms with Crippen LogP contribution in [0.5, 0.6) is 0 Å². The van der Waals surface area contributed by atoms with Crippen LogP contribution in [0.4, 0.5) is 0 Å². The minimum absolute atomic E-state index is 0.144. The third-order valence-electron chi connectivity index (χ3n) is 1.47. The molecule has 0 fully saturated rings. The van der Waals surface area contributed by atoms with Crippen molar-refractivity contribution < 1.29 is 9.53 Å². The predicted molar refractivity (Wildman–Crippen MR) is 58.5 cm³/mol. The highest BCUT2D eigenvalue weighted by molar-refractivity contribution is 7.44. The van der Waals surface area contributed by atoms with Gasteiger partial charge in [0.25, 0.3) is 0 Å². The third kappa shape index (κ3) is 8.34. The molecule has 13 heavy (non-hydrogen) atoms. The first-order valence-corrected chi connectivity index (χ1v) is 8.79. The van der Waals surface area contributed by atoms with Crippen molar-refractivity contribution in [2.45, 2.75) is 32.0 Å². The second kappa shape index (κ2) is 5.68. The van der Waals surface area contributed by atoms with Gasteiger partial charge in [0, 0.05) is 6.08 Å². The highest BCUT2D eigenvalue weighted by atomic mass is 35.7. The van der Waals surface area contributed by atoms with Gasteiger partial charge in [-0.3, -0.25) is 0 Å². The van der Waals surface area contributed by atoms with Crippen LogP contribution in [-0.2, 0) is 9.53 Å². The van der Waals surface area contributed by atoms with Gasteiger partial charge in [0.1, 0.15) is 0 Å². The molecule has 0 aromatic rings. The van der Waals surface area contributed by atoms with Crippen LogP contribution in [0.15, 0.2) is 12.7 Å². The van der Waals surface area contributed by atoms with E-state index >= 15 is 0 Å². The number of carbonyl (C=O) groups is 1. The molecule has 0 aliphatic carbocycles. The van der Waals surface area contributed by atoms with Gasteiger partial charge in [-0.15, -0.1) is 22.2 Å². The molecule has 0 aliphatic heterocycles. The summed E-state index contributed by atoms with van der Waals surface area (Å²) < 4.78 is 4.94. The number of ether oxygens (including phenoxy) is 1. The first kappa shape index (κ1) is 13.0. The molecule has 0 N–H and O–H groups in total. The molecule has 0 spiro atoms. The summed E-state index contributed by atoms with van der Waals surface area (Å²) in [6, 6.07) is 0.724. The van der Waals surface area contributed by atoms with Gasteiger partial charge in [-0.25, -0.2) is 4.79 Å². The molecule has 0 rings (SSSR count). The molecule has 0 bridgehead atoms. The SMILES string of the molecule is C=CC(=O)OC(C)CC[Si](C)(Cl)Cl. The number of hydrogen-bond donors (Lipinski definition) is 0. The lowest BCUT2D eigenvalue weighted by Gasteiger charge is -2.15. The minimum atomic E-state index is -2.05. The standard InChI is InChI=1S/C8H14Cl2O2Si/c1-4-8(11)12-7(2)5-6-13(3,9)10/h4,7H,1,5-6H2,2-3H3. The van der Waals surface area contributed by atoms with E-state index in [1.807, 2.05) is 13.5 Å². The molecule has 0 heterocycles. The van der Waals surface area contributed by atoms with E-state index in [9.17, 15) is 4.79 Å². The average molecular weight is 241 g/mol. The third-order valence-corrected chi connectivity index (χ3v) is 3.77. The Hall–Kier alpha value is 0.00688. The summed E-state index contributed by atoms with van der Waals surface area (Å²) in [5.41, 5.74) is 0. The van der Waals surface area contributed by atoms with E-state index in [1.165, 1.54) is 0 Å². The summed E-state index contributed by atoms with van der Waals surface area (Å²) in [5, 5.41) is 0. The van der Waals surface area contributed by atoms with Gasteiger partial charge < -0.3 is 4.74 Å². The monoisotopic (exact) mass is 240 g/mol. The molecule has 0 aromatic heterocycles. The maximum Gasteiger partial charge on any atom is 0.330 e. The van der Waals surface area contributed by atoms with Gasteiger partial charge in [-0.2, -0.15) is 0 Å². The van der Waals surface area contributed by atoms with Crippen molar-refractivity contribution in [2.24, 2.45) is 0 Å². The van der Waals surface area contributed by atoms with E-state index < -0.39 is 12.7 Å². The molecule has 0 radical (unpaired) electrons. The van der Waals surface area contributed by atoms with E-state index in [-0.39, 0.29) is 6.10 Å². The molecule has 0 saturated heterocycles. The summed E-state index contributed by atoms with van der Waals surface area (Å²) in [6.07, 6.45) is 1.71. The Morgan fingerprint density at radius 3 is 2.62 bits per heavy atom. The summed E-state index contributed by atoms with van der Waals surface area (Å²) in [4.78, 5) is 10.8. The fourth-order valence-corrected chi connectivity index (χ4v) is 2.33. The highest BCUT2D eigenvalue weighted by Crippen LogP contribution is 2.23. The Labute approximate surface area is 89.3 Å².